The largest absolute Gasteiger partial charge is 0.496 e. The molecule has 0 aliphatic heterocycles. The summed E-state index contributed by atoms with van der Waals surface area (Å²) in [6, 6.07) is 7.67. The molecule has 0 aliphatic carbocycles. The monoisotopic (exact) mass is 276 g/mol. The van der Waals surface area contributed by atoms with Gasteiger partial charge < -0.3 is 10.1 Å². The molecule has 1 aromatic heterocycles. The van der Waals surface area contributed by atoms with E-state index in [2.05, 4.69) is 10.3 Å². The third-order valence-corrected chi connectivity index (χ3v) is 3.40. The second kappa shape index (κ2) is 6.89. The lowest BCUT2D eigenvalue weighted by molar-refractivity contribution is -0.121. The van der Waals surface area contributed by atoms with Crippen molar-refractivity contribution in [2.75, 3.05) is 7.11 Å². The number of nitrogens with zero attached hydrogens (tertiary/aromatic N) is 1. The normalized spacial score (nSPS) is 10.2. The van der Waals surface area contributed by atoms with Gasteiger partial charge in [-0.2, -0.15) is 0 Å². The van der Waals surface area contributed by atoms with E-state index in [9.17, 15) is 4.79 Å². The molecule has 0 radical (unpaired) electrons. The number of para-hydroxylation sites is 1. The molecule has 1 heterocycles. The number of thiazole rings is 1. The number of hydrogen-bond acceptors (Lipinski definition) is 4. The van der Waals surface area contributed by atoms with E-state index in [1.54, 1.807) is 24.0 Å². The first-order chi connectivity index (χ1) is 9.29. The summed E-state index contributed by atoms with van der Waals surface area (Å²) in [5, 5.41) is 4.86. The number of carbonyl (C=O) groups is 1. The van der Waals surface area contributed by atoms with Gasteiger partial charge in [0.1, 0.15) is 5.75 Å². The number of hydrogen-bond donors (Lipinski definition) is 1. The lowest BCUT2D eigenvalue weighted by Crippen LogP contribution is -2.23. The van der Waals surface area contributed by atoms with Crippen LogP contribution in [0.5, 0.6) is 5.75 Å². The van der Waals surface area contributed by atoms with Gasteiger partial charge in [0.05, 0.1) is 18.3 Å². The number of methoxy groups -OCH3 is 1. The molecule has 0 saturated carbocycles. The van der Waals surface area contributed by atoms with Gasteiger partial charge in [0.25, 0.3) is 0 Å². The summed E-state index contributed by atoms with van der Waals surface area (Å²) in [4.78, 5) is 15.9. The summed E-state index contributed by atoms with van der Waals surface area (Å²) in [5.74, 6) is 0.821. The van der Waals surface area contributed by atoms with Crippen LogP contribution in [-0.4, -0.2) is 18.0 Å². The number of benzene rings is 1. The molecular weight excluding hydrogens is 260 g/mol. The fourth-order valence-corrected chi connectivity index (χ4v) is 2.33. The highest BCUT2D eigenvalue weighted by atomic mass is 32.1. The Morgan fingerprint density at radius 3 is 3.00 bits per heavy atom. The summed E-state index contributed by atoms with van der Waals surface area (Å²) < 4.78 is 5.24. The number of aryl methyl sites for hydroxylation is 1. The maximum Gasteiger partial charge on any atom is 0.220 e. The molecule has 4 nitrogen and oxygen atoms in total. The van der Waals surface area contributed by atoms with E-state index in [0.717, 1.165) is 17.0 Å². The molecule has 0 aliphatic rings. The van der Waals surface area contributed by atoms with Crippen LogP contribution in [0.15, 0.2) is 35.2 Å². The van der Waals surface area contributed by atoms with Crippen molar-refractivity contribution in [1.29, 1.82) is 0 Å². The highest BCUT2D eigenvalue weighted by Crippen LogP contribution is 2.16. The van der Waals surface area contributed by atoms with Crippen LogP contribution in [0.4, 0.5) is 0 Å². The smallest absolute Gasteiger partial charge is 0.220 e. The Labute approximate surface area is 116 Å². The first-order valence-electron chi connectivity index (χ1n) is 6.05. The molecule has 19 heavy (non-hydrogen) atoms. The second-order valence-corrected chi connectivity index (χ2v) is 4.79. The summed E-state index contributed by atoms with van der Waals surface area (Å²) in [5.41, 5.74) is 3.73. The molecule has 2 rings (SSSR count). The molecule has 0 unspecified atom stereocenters. The fraction of sp³-hybridized carbons (Fsp3) is 0.286. The lowest BCUT2D eigenvalue weighted by atomic mass is 10.2. The van der Waals surface area contributed by atoms with Crippen LogP contribution in [0.1, 0.15) is 17.7 Å². The molecule has 0 bridgehead atoms. The number of nitrogens with one attached hydrogen (secondary N) is 1. The number of rotatable bonds is 6. The standard InChI is InChI=1S/C14H16N2O2S/c1-18-13-5-3-2-4-11(13)8-15-14(17)7-6-12-9-19-10-16-12/h2-5,9-10H,6-8H2,1H3,(H,15,17). The average Bonchev–Trinajstić information content (AvgIpc) is 2.96. The van der Waals surface area contributed by atoms with Gasteiger partial charge in [-0.25, -0.2) is 4.98 Å². The van der Waals surface area contributed by atoms with E-state index >= 15 is 0 Å². The first-order valence-corrected chi connectivity index (χ1v) is 6.99. The second-order valence-electron chi connectivity index (χ2n) is 4.07. The van der Waals surface area contributed by atoms with Gasteiger partial charge in [-0.05, 0) is 12.5 Å². The van der Waals surface area contributed by atoms with Crippen molar-refractivity contribution in [2.24, 2.45) is 0 Å². The van der Waals surface area contributed by atoms with Crippen LogP contribution in [0.2, 0.25) is 0 Å². The van der Waals surface area contributed by atoms with Gasteiger partial charge >= 0.3 is 0 Å². The van der Waals surface area contributed by atoms with Gasteiger partial charge in [-0.3, -0.25) is 4.79 Å². The summed E-state index contributed by atoms with van der Waals surface area (Å²) in [7, 11) is 1.63. The number of amides is 1. The quantitative estimate of drug-likeness (QED) is 0.881. The SMILES string of the molecule is COc1ccccc1CNC(=O)CCc1cscn1. The minimum atomic E-state index is 0.0268. The van der Waals surface area contributed by atoms with Gasteiger partial charge in [0.2, 0.25) is 5.91 Å². The minimum absolute atomic E-state index is 0.0268. The predicted molar refractivity (Wildman–Crippen MR) is 75.3 cm³/mol. The Kier molecular flexibility index (Phi) is 4.92. The van der Waals surface area contributed by atoms with Crippen molar-refractivity contribution in [3.8, 4) is 5.75 Å². The zero-order valence-electron chi connectivity index (χ0n) is 10.8. The molecule has 1 aromatic carbocycles. The zero-order chi connectivity index (χ0) is 13.5. The van der Waals surface area contributed by atoms with E-state index in [0.29, 0.717) is 19.4 Å². The highest BCUT2D eigenvalue weighted by Gasteiger charge is 2.06. The number of ether oxygens (including phenoxy) is 1. The maximum absolute atomic E-state index is 11.7. The summed E-state index contributed by atoms with van der Waals surface area (Å²) in [6.45, 7) is 0.486. The Bertz CT molecular complexity index is 526. The fourth-order valence-electron chi connectivity index (χ4n) is 1.73. The van der Waals surface area contributed by atoms with Gasteiger partial charge in [-0.1, -0.05) is 18.2 Å². The Morgan fingerprint density at radius 2 is 2.26 bits per heavy atom. The molecule has 2 aromatic rings. The van der Waals surface area contributed by atoms with E-state index in [4.69, 9.17) is 4.74 Å². The van der Waals surface area contributed by atoms with Gasteiger partial charge in [0, 0.05) is 23.9 Å². The molecular formula is C14H16N2O2S. The van der Waals surface area contributed by atoms with Crippen molar-refractivity contribution in [2.45, 2.75) is 19.4 Å². The Morgan fingerprint density at radius 1 is 1.42 bits per heavy atom. The predicted octanol–water partition coefficient (Wildman–Crippen LogP) is 2.40. The molecule has 0 fully saturated rings. The minimum Gasteiger partial charge on any atom is -0.496 e. The van der Waals surface area contributed by atoms with Crippen LogP contribution in [0.3, 0.4) is 0 Å². The third-order valence-electron chi connectivity index (χ3n) is 2.76. The first kappa shape index (κ1) is 13.5. The number of carbonyl (C=O) groups excluding carboxylic acids is 1. The van der Waals surface area contributed by atoms with Gasteiger partial charge in [-0.15, -0.1) is 11.3 Å². The molecule has 5 heteroatoms. The van der Waals surface area contributed by atoms with Crippen LogP contribution < -0.4 is 10.1 Å². The van der Waals surface area contributed by atoms with Crippen LogP contribution in [0, 0.1) is 0 Å². The van der Waals surface area contributed by atoms with Gasteiger partial charge in [0.15, 0.2) is 0 Å². The van der Waals surface area contributed by atoms with E-state index in [-0.39, 0.29) is 5.91 Å². The number of aromatic nitrogens is 1. The topological polar surface area (TPSA) is 51.2 Å². The zero-order valence-corrected chi connectivity index (χ0v) is 11.6. The maximum atomic E-state index is 11.7. The molecule has 0 spiro atoms. The molecule has 1 N–H and O–H groups in total. The Hall–Kier alpha value is -1.88. The summed E-state index contributed by atoms with van der Waals surface area (Å²) in [6.07, 6.45) is 1.14. The van der Waals surface area contributed by atoms with Crippen LogP contribution >= 0.6 is 11.3 Å². The Balaban J connectivity index is 1.80. The van der Waals surface area contributed by atoms with Crippen molar-refractivity contribution in [1.82, 2.24) is 10.3 Å². The van der Waals surface area contributed by atoms with Crippen LogP contribution in [-0.2, 0) is 17.8 Å². The lowest BCUT2D eigenvalue weighted by Gasteiger charge is -2.09. The highest BCUT2D eigenvalue weighted by molar-refractivity contribution is 7.07. The molecule has 0 atom stereocenters. The summed E-state index contributed by atoms with van der Waals surface area (Å²) >= 11 is 1.55. The van der Waals surface area contributed by atoms with Crippen molar-refractivity contribution >= 4 is 17.2 Å². The molecule has 100 valence electrons. The molecule has 0 saturated heterocycles. The van der Waals surface area contributed by atoms with Crippen molar-refractivity contribution < 1.29 is 9.53 Å². The molecule has 1 amide bonds. The van der Waals surface area contributed by atoms with E-state index < -0.39 is 0 Å². The van der Waals surface area contributed by atoms with Crippen LogP contribution in [0.25, 0.3) is 0 Å². The van der Waals surface area contributed by atoms with Crippen molar-refractivity contribution in [3.05, 3.63) is 46.4 Å². The van der Waals surface area contributed by atoms with E-state index in [1.165, 1.54) is 0 Å². The van der Waals surface area contributed by atoms with Crippen molar-refractivity contribution in [3.63, 3.8) is 0 Å². The third kappa shape index (κ3) is 4.06. The average molecular weight is 276 g/mol. The van der Waals surface area contributed by atoms with E-state index in [1.807, 2.05) is 29.6 Å².